The van der Waals surface area contributed by atoms with Gasteiger partial charge in [-0.2, -0.15) is 0 Å². The van der Waals surface area contributed by atoms with Crippen molar-refractivity contribution in [2.75, 3.05) is 0 Å². The number of benzene rings is 2. The second kappa shape index (κ2) is 5.55. The Morgan fingerprint density at radius 3 is 2.28 bits per heavy atom. The molecule has 18 heavy (non-hydrogen) atoms. The molecule has 94 valence electrons. The van der Waals surface area contributed by atoms with Crippen molar-refractivity contribution >= 4 is 31.9 Å². The van der Waals surface area contributed by atoms with Crippen LogP contribution in [0.15, 0.2) is 57.5 Å². The van der Waals surface area contributed by atoms with Crippen LogP contribution >= 0.6 is 31.9 Å². The number of nitrogens with two attached hydrogens (primary N) is 1. The van der Waals surface area contributed by atoms with E-state index in [0.29, 0.717) is 0 Å². The van der Waals surface area contributed by atoms with Gasteiger partial charge in [-0.1, -0.05) is 56.1 Å². The van der Waals surface area contributed by atoms with Gasteiger partial charge in [0.1, 0.15) is 0 Å². The maximum Gasteiger partial charge on any atom is 0.0422 e. The van der Waals surface area contributed by atoms with Crippen molar-refractivity contribution in [3.8, 4) is 0 Å². The molecule has 2 aromatic rings. The van der Waals surface area contributed by atoms with Crippen molar-refractivity contribution < 1.29 is 0 Å². The van der Waals surface area contributed by atoms with Crippen molar-refractivity contribution in [1.82, 2.24) is 0 Å². The predicted molar refractivity (Wildman–Crippen MR) is 83.5 cm³/mol. The third-order valence-corrected chi connectivity index (χ3v) is 3.99. The Morgan fingerprint density at radius 2 is 1.67 bits per heavy atom. The van der Waals surface area contributed by atoms with E-state index in [9.17, 15) is 0 Å². The molecule has 0 saturated heterocycles. The zero-order valence-corrected chi connectivity index (χ0v) is 13.3. The molecule has 2 N–H and O–H groups in total. The van der Waals surface area contributed by atoms with Crippen LogP contribution in [-0.2, 0) is 12.0 Å². The first-order chi connectivity index (χ1) is 8.47. The SMILES string of the molecule is CC(N)(Cc1ccc(Br)cc1)c1cccc(Br)c1. The molecule has 0 aliphatic rings. The van der Waals surface area contributed by atoms with Crippen molar-refractivity contribution in [1.29, 1.82) is 0 Å². The van der Waals surface area contributed by atoms with Gasteiger partial charge in [0.25, 0.3) is 0 Å². The lowest BCUT2D eigenvalue weighted by atomic mass is 9.87. The minimum Gasteiger partial charge on any atom is -0.321 e. The first-order valence-electron chi connectivity index (χ1n) is 5.77. The average Bonchev–Trinajstić information content (AvgIpc) is 2.32. The van der Waals surface area contributed by atoms with Gasteiger partial charge in [-0.15, -0.1) is 0 Å². The largest absolute Gasteiger partial charge is 0.321 e. The minimum atomic E-state index is -0.363. The van der Waals surface area contributed by atoms with Crippen LogP contribution in [0.1, 0.15) is 18.1 Å². The summed E-state index contributed by atoms with van der Waals surface area (Å²) in [6.07, 6.45) is 0.816. The standard InChI is InChI=1S/C15H15Br2N/c1-15(18,12-3-2-4-14(17)9-12)10-11-5-7-13(16)8-6-11/h2-9H,10,18H2,1H3. The average molecular weight is 369 g/mol. The lowest BCUT2D eigenvalue weighted by molar-refractivity contribution is 0.491. The quantitative estimate of drug-likeness (QED) is 0.839. The summed E-state index contributed by atoms with van der Waals surface area (Å²) in [5.74, 6) is 0. The van der Waals surface area contributed by atoms with E-state index in [4.69, 9.17) is 5.73 Å². The molecule has 0 heterocycles. The maximum atomic E-state index is 6.44. The van der Waals surface area contributed by atoms with Crippen molar-refractivity contribution in [3.63, 3.8) is 0 Å². The molecule has 0 fully saturated rings. The van der Waals surface area contributed by atoms with E-state index in [1.165, 1.54) is 5.56 Å². The smallest absolute Gasteiger partial charge is 0.0422 e. The van der Waals surface area contributed by atoms with Crippen LogP contribution in [-0.4, -0.2) is 0 Å². The van der Waals surface area contributed by atoms with Crippen molar-refractivity contribution in [3.05, 3.63) is 68.6 Å². The Balaban J connectivity index is 2.23. The Bertz CT molecular complexity index is 532. The van der Waals surface area contributed by atoms with Gasteiger partial charge in [0.15, 0.2) is 0 Å². The summed E-state index contributed by atoms with van der Waals surface area (Å²) in [6, 6.07) is 16.5. The summed E-state index contributed by atoms with van der Waals surface area (Å²) in [7, 11) is 0. The van der Waals surface area contributed by atoms with Gasteiger partial charge in [0, 0.05) is 14.5 Å². The monoisotopic (exact) mass is 367 g/mol. The lowest BCUT2D eigenvalue weighted by Crippen LogP contribution is -2.35. The summed E-state index contributed by atoms with van der Waals surface area (Å²) in [5.41, 5.74) is 8.46. The molecule has 1 atom stereocenters. The molecular weight excluding hydrogens is 354 g/mol. The Morgan fingerprint density at radius 1 is 1.00 bits per heavy atom. The van der Waals surface area contributed by atoms with Crippen LogP contribution in [0.2, 0.25) is 0 Å². The number of rotatable bonds is 3. The van der Waals surface area contributed by atoms with Gasteiger partial charge in [-0.25, -0.2) is 0 Å². The predicted octanol–water partition coefficient (Wildman–Crippen LogP) is 4.63. The van der Waals surface area contributed by atoms with E-state index >= 15 is 0 Å². The maximum absolute atomic E-state index is 6.44. The van der Waals surface area contributed by atoms with Crippen LogP contribution in [0.3, 0.4) is 0 Å². The highest BCUT2D eigenvalue weighted by molar-refractivity contribution is 9.10. The van der Waals surface area contributed by atoms with E-state index in [1.807, 2.05) is 24.3 Å². The molecule has 3 heteroatoms. The van der Waals surface area contributed by atoms with Gasteiger partial charge < -0.3 is 5.73 Å². The van der Waals surface area contributed by atoms with E-state index < -0.39 is 0 Å². The normalized spacial score (nSPS) is 14.2. The summed E-state index contributed by atoms with van der Waals surface area (Å²) < 4.78 is 2.15. The molecule has 2 rings (SSSR count). The van der Waals surface area contributed by atoms with Crippen molar-refractivity contribution in [2.45, 2.75) is 18.9 Å². The molecule has 0 aliphatic carbocycles. The Kier molecular flexibility index (Phi) is 4.25. The highest BCUT2D eigenvalue weighted by Crippen LogP contribution is 2.25. The van der Waals surface area contributed by atoms with Gasteiger partial charge in [0.05, 0.1) is 0 Å². The fourth-order valence-corrected chi connectivity index (χ4v) is 2.64. The van der Waals surface area contributed by atoms with E-state index in [0.717, 1.165) is 20.9 Å². The molecule has 0 aromatic heterocycles. The van der Waals surface area contributed by atoms with Crippen LogP contribution in [0.5, 0.6) is 0 Å². The first-order valence-corrected chi connectivity index (χ1v) is 7.35. The van der Waals surface area contributed by atoms with Crippen LogP contribution in [0, 0.1) is 0 Å². The van der Waals surface area contributed by atoms with Crippen LogP contribution in [0.25, 0.3) is 0 Å². The van der Waals surface area contributed by atoms with E-state index in [2.05, 4.69) is 63.0 Å². The molecular formula is C15H15Br2N. The van der Waals surface area contributed by atoms with Crippen LogP contribution in [0.4, 0.5) is 0 Å². The molecule has 2 aromatic carbocycles. The molecule has 1 nitrogen and oxygen atoms in total. The highest BCUT2D eigenvalue weighted by Gasteiger charge is 2.21. The number of halogens is 2. The van der Waals surface area contributed by atoms with Gasteiger partial charge in [-0.05, 0) is 48.7 Å². The lowest BCUT2D eigenvalue weighted by Gasteiger charge is -2.25. The summed E-state index contributed by atoms with van der Waals surface area (Å²) in [6.45, 7) is 2.07. The topological polar surface area (TPSA) is 26.0 Å². The Labute approximate surface area is 125 Å². The molecule has 1 unspecified atom stereocenters. The van der Waals surface area contributed by atoms with Gasteiger partial charge in [-0.3, -0.25) is 0 Å². The van der Waals surface area contributed by atoms with Gasteiger partial charge in [0.2, 0.25) is 0 Å². The zero-order valence-electron chi connectivity index (χ0n) is 10.2. The second-order valence-corrected chi connectivity index (χ2v) is 6.56. The van der Waals surface area contributed by atoms with Crippen molar-refractivity contribution in [2.24, 2.45) is 5.73 Å². The van der Waals surface area contributed by atoms with E-state index in [1.54, 1.807) is 0 Å². The fourth-order valence-electron chi connectivity index (χ4n) is 1.97. The molecule has 0 bridgehead atoms. The highest BCUT2D eigenvalue weighted by atomic mass is 79.9. The van der Waals surface area contributed by atoms with E-state index in [-0.39, 0.29) is 5.54 Å². The molecule has 0 saturated carbocycles. The summed E-state index contributed by atoms with van der Waals surface area (Å²) >= 11 is 6.93. The second-order valence-electron chi connectivity index (χ2n) is 4.73. The number of hydrogen-bond acceptors (Lipinski definition) is 1. The number of hydrogen-bond donors (Lipinski definition) is 1. The summed E-state index contributed by atoms with van der Waals surface area (Å²) in [5, 5.41) is 0. The third-order valence-electron chi connectivity index (χ3n) is 2.97. The molecule has 0 aliphatic heterocycles. The first kappa shape index (κ1) is 13.8. The fraction of sp³-hybridized carbons (Fsp3) is 0.200. The summed E-state index contributed by atoms with van der Waals surface area (Å²) in [4.78, 5) is 0. The third kappa shape index (κ3) is 3.44. The zero-order chi connectivity index (χ0) is 13.2. The minimum absolute atomic E-state index is 0.363. The molecule has 0 radical (unpaired) electrons. The molecule has 0 amide bonds. The van der Waals surface area contributed by atoms with Gasteiger partial charge >= 0.3 is 0 Å². The molecule has 0 spiro atoms. The van der Waals surface area contributed by atoms with Crippen LogP contribution < -0.4 is 5.73 Å². The Hall–Kier alpha value is -0.640.